The van der Waals surface area contributed by atoms with Gasteiger partial charge in [0.15, 0.2) is 11.5 Å². The highest BCUT2D eigenvalue weighted by Gasteiger charge is 2.12. The molecule has 23 heavy (non-hydrogen) atoms. The van der Waals surface area contributed by atoms with Crippen molar-refractivity contribution < 1.29 is 14.6 Å². The molecule has 0 aromatic heterocycles. The summed E-state index contributed by atoms with van der Waals surface area (Å²) in [6.45, 7) is 6.85. The molecule has 1 atom stereocenters. The van der Waals surface area contributed by atoms with E-state index in [1.165, 1.54) is 0 Å². The van der Waals surface area contributed by atoms with Crippen LogP contribution in [0, 0.1) is 0 Å². The molecule has 0 fully saturated rings. The van der Waals surface area contributed by atoms with Gasteiger partial charge in [0.05, 0.1) is 0 Å². The molecule has 2 rings (SSSR count). The Morgan fingerprint density at radius 3 is 2.17 bits per heavy atom. The predicted octanol–water partition coefficient (Wildman–Crippen LogP) is 3.56. The van der Waals surface area contributed by atoms with Crippen LogP contribution in [0.15, 0.2) is 54.6 Å². The molecule has 1 unspecified atom stereocenters. The van der Waals surface area contributed by atoms with Gasteiger partial charge in [-0.2, -0.15) is 0 Å². The minimum absolute atomic E-state index is 0.242. The standard InChI is InChI=1S/C19H25NO3/c1-3-20(4-2)14-16(21)15-22-18-12-8-9-13-19(18)23-17-10-6-5-7-11-17/h5-13,16,21H,3-4,14-15H2,1-2H3. The first kappa shape index (κ1) is 17.3. The SMILES string of the molecule is CCN(CC)CC(O)COc1ccccc1Oc1ccccc1. The summed E-state index contributed by atoms with van der Waals surface area (Å²) in [4.78, 5) is 2.17. The van der Waals surface area contributed by atoms with Crippen LogP contribution in [0.5, 0.6) is 17.2 Å². The van der Waals surface area contributed by atoms with Crippen molar-refractivity contribution in [3.05, 3.63) is 54.6 Å². The molecule has 0 spiro atoms. The Morgan fingerprint density at radius 1 is 0.913 bits per heavy atom. The average Bonchev–Trinajstić information content (AvgIpc) is 2.60. The lowest BCUT2D eigenvalue weighted by atomic mass is 10.3. The van der Waals surface area contributed by atoms with Crippen LogP contribution >= 0.6 is 0 Å². The number of likely N-dealkylation sites (N-methyl/N-ethyl adjacent to an activating group) is 1. The second-order valence-corrected chi connectivity index (χ2v) is 5.31. The monoisotopic (exact) mass is 315 g/mol. The summed E-state index contributed by atoms with van der Waals surface area (Å²) in [6.07, 6.45) is -0.528. The Bertz CT molecular complexity index is 570. The Morgan fingerprint density at radius 2 is 1.52 bits per heavy atom. The van der Waals surface area contributed by atoms with Gasteiger partial charge in [-0.25, -0.2) is 0 Å². The van der Waals surface area contributed by atoms with Gasteiger partial charge >= 0.3 is 0 Å². The summed E-state index contributed by atoms with van der Waals surface area (Å²) < 4.78 is 11.6. The van der Waals surface area contributed by atoms with Crippen molar-refractivity contribution in [1.29, 1.82) is 0 Å². The van der Waals surface area contributed by atoms with Gasteiger partial charge in [-0.1, -0.05) is 44.2 Å². The van der Waals surface area contributed by atoms with Gasteiger partial charge in [0.2, 0.25) is 0 Å². The molecule has 124 valence electrons. The molecular weight excluding hydrogens is 290 g/mol. The zero-order valence-electron chi connectivity index (χ0n) is 13.8. The van der Waals surface area contributed by atoms with Crippen molar-refractivity contribution in [2.45, 2.75) is 20.0 Å². The molecule has 2 aromatic rings. The molecule has 0 aliphatic heterocycles. The molecule has 4 nitrogen and oxygen atoms in total. The van der Waals surface area contributed by atoms with E-state index in [1.54, 1.807) is 0 Å². The van der Waals surface area contributed by atoms with E-state index < -0.39 is 6.10 Å². The number of hydrogen-bond acceptors (Lipinski definition) is 4. The van der Waals surface area contributed by atoms with Crippen LogP contribution < -0.4 is 9.47 Å². The van der Waals surface area contributed by atoms with Crippen LogP contribution in [-0.4, -0.2) is 42.4 Å². The second kappa shape index (κ2) is 9.18. The number of ether oxygens (including phenoxy) is 2. The molecule has 0 radical (unpaired) electrons. The number of aliphatic hydroxyl groups is 1. The zero-order valence-corrected chi connectivity index (χ0v) is 13.8. The highest BCUT2D eigenvalue weighted by atomic mass is 16.5. The lowest BCUT2D eigenvalue weighted by molar-refractivity contribution is 0.0708. The third-order valence-electron chi connectivity index (χ3n) is 3.61. The molecule has 0 aliphatic rings. The van der Waals surface area contributed by atoms with Gasteiger partial charge in [0.1, 0.15) is 18.5 Å². The third-order valence-corrected chi connectivity index (χ3v) is 3.61. The van der Waals surface area contributed by atoms with Crippen molar-refractivity contribution in [3.63, 3.8) is 0 Å². The minimum Gasteiger partial charge on any atom is -0.487 e. The van der Waals surface area contributed by atoms with Crippen molar-refractivity contribution in [2.75, 3.05) is 26.2 Å². The number of para-hydroxylation sites is 3. The predicted molar refractivity (Wildman–Crippen MR) is 92.2 cm³/mol. The van der Waals surface area contributed by atoms with Crippen molar-refractivity contribution in [3.8, 4) is 17.2 Å². The highest BCUT2D eigenvalue weighted by molar-refractivity contribution is 5.42. The zero-order chi connectivity index (χ0) is 16.5. The van der Waals surface area contributed by atoms with Crippen LogP contribution in [0.2, 0.25) is 0 Å². The van der Waals surface area contributed by atoms with E-state index in [4.69, 9.17) is 9.47 Å². The highest BCUT2D eigenvalue weighted by Crippen LogP contribution is 2.31. The molecule has 0 saturated carbocycles. The van der Waals surface area contributed by atoms with E-state index >= 15 is 0 Å². The largest absolute Gasteiger partial charge is 0.487 e. The molecule has 0 bridgehead atoms. The fourth-order valence-corrected chi connectivity index (χ4v) is 2.29. The summed E-state index contributed by atoms with van der Waals surface area (Å²) in [6, 6.07) is 17.1. The molecule has 4 heteroatoms. The van der Waals surface area contributed by atoms with E-state index in [1.807, 2.05) is 54.6 Å². The smallest absolute Gasteiger partial charge is 0.169 e. The van der Waals surface area contributed by atoms with Crippen molar-refractivity contribution in [2.24, 2.45) is 0 Å². The van der Waals surface area contributed by atoms with Gasteiger partial charge in [-0.15, -0.1) is 0 Å². The van der Waals surface area contributed by atoms with Gasteiger partial charge in [-0.05, 0) is 37.4 Å². The molecule has 0 saturated heterocycles. The summed E-state index contributed by atoms with van der Waals surface area (Å²) in [7, 11) is 0. The first-order valence-electron chi connectivity index (χ1n) is 8.08. The van der Waals surface area contributed by atoms with Crippen molar-refractivity contribution >= 4 is 0 Å². The maximum atomic E-state index is 10.1. The Hall–Kier alpha value is -2.04. The van der Waals surface area contributed by atoms with Crippen LogP contribution in [0.4, 0.5) is 0 Å². The number of rotatable bonds is 9. The summed E-state index contributed by atoms with van der Waals surface area (Å²) in [5.74, 6) is 2.04. The number of benzene rings is 2. The van der Waals surface area contributed by atoms with Crippen molar-refractivity contribution in [1.82, 2.24) is 4.90 Å². The van der Waals surface area contributed by atoms with Crippen LogP contribution in [0.25, 0.3) is 0 Å². The summed E-state index contributed by atoms with van der Waals surface area (Å²) in [5.41, 5.74) is 0. The topological polar surface area (TPSA) is 41.9 Å². The molecule has 0 aliphatic carbocycles. The first-order valence-corrected chi connectivity index (χ1v) is 8.08. The molecular formula is C19H25NO3. The fourth-order valence-electron chi connectivity index (χ4n) is 2.29. The maximum Gasteiger partial charge on any atom is 0.169 e. The Balaban J connectivity index is 1.95. The van der Waals surface area contributed by atoms with E-state index in [9.17, 15) is 5.11 Å². The minimum atomic E-state index is -0.528. The van der Waals surface area contributed by atoms with Gasteiger partial charge in [0, 0.05) is 6.54 Å². The average molecular weight is 315 g/mol. The van der Waals surface area contributed by atoms with Crippen LogP contribution in [0.1, 0.15) is 13.8 Å². The summed E-state index contributed by atoms with van der Waals surface area (Å²) in [5, 5.41) is 10.1. The normalized spacial score (nSPS) is 12.2. The Kier molecular flexibility index (Phi) is 6.91. The quantitative estimate of drug-likeness (QED) is 0.768. The van der Waals surface area contributed by atoms with Gasteiger partial charge in [0.25, 0.3) is 0 Å². The molecule has 0 heterocycles. The van der Waals surface area contributed by atoms with E-state index in [0.717, 1.165) is 18.8 Å². The van der Waals surface area contributed by atoms with Crippen LogP contribution in [-0.2, 0) is 0 Å². The van der Waals surface area contributed by atoms with E-state index in [0.29, 0.717) is 18.0 Å². The Labute approximate surface area is 138 Å². The number of hydrogen-bond donors (Lipinski definition) is 1. The van der Waals surface area contributed by atoms with Crippen LogP contribution in [0.3, 0.4) is 0 Å². The third kappa shape index (κ3) is 5.58. The van der Waals surface area contributed by atoms with E-state index in [2.05, 4.69) is 18.7 Å². The maximum absolute atomic E-state index is 10.1. The van der Waals surface area contributed by atoms with Gasteiger partial charge in [-0.3, -0.25) is 0 Å². The fraction of sp³-hybridized carbons (Fsp3) is 0.368. The first-order chi connectivity index (χ1) is 11.2. The molecule has 0 amide bonds. The number of aliphatic hydroxyl groups excluding tert-OH is 1. The molecule has 2 aromatic carbocycles. The second-order valence-electron chi connectivity index (χ2n) is 5.31. The summed E-state index contributed by atoms with van der Waals surface area (Å²) >= 11 is 0. The lowest BCUT2D eigenvalue weighted by Gasteiger charge is -2.22. The molecule has 1 N–H and O–H groups in total. The van der Waals surface area contributed by atoms with Gasteiger partial charge < -0.3 is 19.5 Å². The number of nitrogens with zero attached hydrogens (tertiary/aromatic N) is 1. The lowest BCUT2D eigenvalue weighted by Crippen LogP contribution is -2.35. The van der Waals surface area contributed by atoms with E-state index in [-0.39, 0.29) is 6.61 Å².